The Hall–Kier alpha value is -2.42. The smallest absolute Gasteiger partial charge is 0.223 e. The molecule has 0 fully saturated rings. The van der Waals surface area contributed by atoms with Gasteiger partial charge in [-0.15, -0.1) is 0 Å². The third kappa shape index (κ3) is 3.91. The Balaban J connectivity index is 1.53. The Morgan fingerprint density at radius 2 is 1.71 bits per heavy atom. The van der Waals surface area contributed by atoms with Crippen molar-refractivity contribution in [3.05, 3.63) is 70.8 Å². The van der Waals surface area contributed by atoms with E-state index in [-0.39, 0.29) is 24.5 Å². The van der Waals surface area contributed by atoms with Crippen molar-refractivity contribution in [1.29, 1.82) is 0 Å². The maximum atomic E-state index is 12.4. The van der Waals surface area contributed by atoms with E-state index in [1.54, 1.807) is 11.9 Å². The van der Waals surface area contributed by atoms with Crippen molar-refractivity contribution in [2.75, 3.05) is 7.05 Å². The monoisotopic (exact) mass is 321 g/mol. The summed E-state index contributed by atoms with van der Waals surface area (Å²) < 4.78 is 0. The van der Waals surface area contributed by atoms with Gasteiger partial charge >= 0.3 is 0 Å². The maximum absolute atomic E-state index is 12.4. The van der Waals surface area contributed by atoms with Gasteiger partial charge in [-0.25, -0.2) is 0 Å². The van der Waals surface area contributed by atoms with E-state index in [9.17, 15) is 9.59 Å². The first-order chi connectivity index (χ1) is 11.6. The molecule has 0 bridgehead atoms. The Morgan fingerprint density at radius 1 is 0.958 bits per heavy atom. The molecule has 2 aromatic carbocycles. The topological polar surface area (TPSA) is 37.4 Å². The number of fused-ring (bicyclic) bond motifs is 1. The van der Waals surface area contributed by atoms with E-state index < -0.39 is 0 Å². The van der Waals surface area contributed by atoms with Crippen molar-refractivity contribution in [2.24, 2.45) is 0 Å². The molecule has 24 heavy (non-hydrogen) atoms. The summed E-state index contributed by atoms with van der Waals surface area (Å²) in [5, 5.41) is 0. The maximum Gasteiger partial charge on any atom is 0.223 e. The first-order valence-electron chi connectivity index (χ1n) is 8.56. The summed E-state index contributed by atoms with van der Waals surface area (Å²) in [5.41, 5.74) is 4.51. The van der Waals surface area contributed by atoms with Gasteiger partial charge in [-0.2, -0.15) is 0 Å². The average molecular weight is 321 g/mol. The van der Waals surface area contributed by atoms with E-state index in [1.165, 1.54) is 17.5 Å². The van der Waals surface area contributed by atoms with E-state index in [1.807, 2.05) is 42.5 Å². The Bertz CT molecular complexity index is 737. The van der Waals surface area contributed by atoms with Crippen molar-refractivity contribution >= 4 is 11.7 Å². The standard InChI is InChI=1S/C21H23NO2/c1-22(15-16-6-3-2-4-7-16)21(24)13-12-20(23)19-11-10-17-8-5-9-18(17)14-19/h2-4,6-7,10-11,14H,5,8-9,12-13,15H2,1H3. The van der Waals surface area contributed by atoms with Crippen LogP contribution in [0, 0.1) is 0 Å². The molecule has 1 amide bonds. The molecule has 0 N–H and O–H groups in total. The number of nitrogens with zero attached hydrogens (tertiary/aromatic N) is 1. The van der Waals surface area contributed by atoms with E-state index in [2.05, 4.69) is 6.07 Å². The number of ketones is 1. The highest BCUT2D eigenvalue weighted by Crippen LogP contribution is 2.23. The molecule has 124 valence electrons. The van der Waals surface area contributed by atoms with Crippen molar-refractivity contribution in [3.8, 4) is 0 Å². The zero-order chi connectivity index (χ0) is 16.9. The van der Waals surface area contributed by atoms with E-state index in [0.717, 1.165) is 24.0 Å². The molecule has 0 aliphatic heterocycles. The van der Waals surface area contributed by atoms with E-state index >= 15 is 0 Å². The molecule has 0 heterocycles. The van der Waals surface area contributed by atoms with Gasteiger partial charge in [0.25, 0.3) is 0 Å². The lowest BCUT2D eigenvalue weighted by Gasteiger charge is -2.17. The lowest BCUT2D eigenvalue weighted by Crippen LogP contribution is -2.26. The zero-order valence-electron chi connectivity index (χ0n) is 14.1. The minimum Gasteiger partial charge on any atom is -0.341 e. The zero-order valence-corrected chi connectivity index (χ0v) is 14.1. The van der Waals surface area contributed by atoms with Crippen molar-refractivity contribution < 1.29 is 9.59 Å². The Labute approximate surface area is 143 Å². The summed E-state index contributed by atoms with van der Waals surface area (Å²) in [4.78, 5) is 26.3. The van der Waals surface area contributed by atoms with Gasteiger partial charge in [-0.3, -0.25) is 9.59 Å². The van der Waals surface area contributed by atoms with Crippen molar-refractivity contribution in [2.45, 2.75) is 38.6 Å². The highest BCUT2D eigenvalue weighted by molar-refractivity contribution is 5.98. The van der Waals surface area contributed by atoms with Crippen molar-refractivity contribution in [3.63, 3.8) is 0 Å². The number of Topliss-reactive ketones (excluding diaryl/α,β-unsaturated/α-hetero) is 1. The van der Waals surface area contributed by atoms with Gasteiger partial charge in [0.1, 0.15) is 0 Å². The number of amides is 1. The molecule has 3 heteroatoms. The number of rotatable bonds is 6. The Kier molecular flexibility index (Phi) is 5.09. The second-order valence-electron chi connectivity index (χ2n) is 6.50. The molecule has 0 saturated carbocycles. The van der Waals surface area contributed by atoms with Gasteiger partial charge in [-0.1, -0.05) is 42.5 Å². The molecular formula is C21H23NO2. The molecule has 0 saturated heterocycles. The summed E-state index contributed by atoms with van der Waals surface area (Å²) in [6.45, 7) is 0.576. The third-order valence-corrected chi connectivity index (χ3v) is 4.67. The number of benzene rings is 2. The van der Waals surface area contributed by atoms with Gasteiger partial charge in [0.05, 0.1) is 0 Å². The van der Waals surface area contributed by atoms with Crippen molar-refractivity contribution in [1.82, 2.24) is 4.90 Å². The molecule has 0 radical (unpaired) electrons. The minimum absolute atomic E-state index is 0.00774. The molecule has 0 unspecified atom stereocenters. The van der Waals surface area contributed by atoms with Crippen LogP contribution in [0.15, 0.2) is 48.5 Å². The molecule has 1 aliphatic rings. The SMILES string of the molecule is CN(Cc1ccccc1)C(=O)CCC(=O)c1ccc2c(c1)CCC2. The summed E-state index contributed by atoms with van der Waals surface area (Å²) in [7, 11) is 1.79. The van der Waals surface area contributed by atoms with Crippen LogP contribution >= 0.6 is 0 Å². The fourth-order valence-electron chi connectivity index (χ4n) is 3.25. The molecular weight excluding hydrogens is 298 g/mol. The highest BCUT2D eigenvalue weighted by Gasteiger charge is 2.16. The predicted octanol–water partition coefficient (Wildman–Crippen LogP) is 3.80. The fourth-order valence-corrected chi connectivity index (χ4v) is 3.25. The lowest BCUT2D eigenvalue weighted by atomic mass is 10.0. The van der Waals surface area contributed by atoms with Crippen LogP contribution in [0.1, 0.15) is 46.3 Å². The molecule has 0 spiro atoms. The summed E-state index contributed by atoms with van der Waals surface area (Å²) in [5.74, 6) is 0.0690. The molecule has 0 aromatic heterocycles. The Morgan fingerprint density at radius 3 is 2.50 bits per heavy atom. The second kappa shape index (κ2) is 7.43. The summed E-state index contributed by atoms with van der Waals surface area (Å²) >= 11 is 0. The molecule has 0 atom stereocenters. The quantitative estimate of drug-likeness (QED) is 0.759. The van der Waals surface area contributed by atoms with Crippen LogP contribution in [-0.2, 0) is 24.2 Å². The third-order valence-electron chi connectivity index (χ3n) is 4.67. The van der Waals surface area contributed by atoms with Crippen LogP contribution in [0.5, 0.6) is 0 Å². The van der Waals surface area contributed by atoms with Crippen LogP contribution in [0.4, 0.5) is 0 Å². The first kappa shape index (κ1) is 16.4. The normalized spacial score (nSPS) is 12.7. The van der Waals surface area contributed by atoms with Gasteiger partial charge in [0.2, 0.25) is 5.91 Å². The van der Waals surface area contributed by atoms with Crippen LogP contribution in [0.25, 0.3) is 0 Å². The number of carbonyl (C=O) groups excluding carboxylic acids is 2. The summed E-state index contributed by atoms with van der Waals surface area (Å²) in [6.07, 6.45) is 3.90. The van der Waals surface area contributed by atoms with Gasteiger partial charge in [-0.05, 0) is 42.0 Å². The lowest BCUT2D eigenvalue weighted by molar-refractivity contribution is -0.130. The fraction of sp³-hybridized carbons (Fsp3) is 0.333. The number of carbonyl (C=O) groups is 2. The number of hydrogen-bond acceptors (Lipinski definition) is 2. The van der Waals surface area contributed by atoms with Crippen LogP contribution in [-0.4, -0.2) is 23.6 Å². The average Bonchev–Trinajstić information content (AvgIpc) is 3.07. The molecule has 1 aliphatic carbocycles. The molecule has 3 rings (SSSR count). The second-order valence-corrected chi connectivity index (χ2v) is 6.50. The first-order valence-corrected chi connectivity index (χ1v) is 8.56. The highest BCUT2D eigenvalue weighted by atomic mass is 16.2. The number of aryl methyl sites for hydroxylation is 2. The van der Waals surface area contributed by atoms with E-state index in [0.29, 0.717) is 6.54 Å². The van der Waals surface area contributed by atoms with Gasteiger partial charge < -0.3 is 4.90 Å². The largest absolute Gasteiger partial charge is 0.341 e. The summed E-state index contributed by atoms with van der Waals surface area (Å²) in [6, 6.07) is 15.9. The minimum atomic E-state index is 0.00774. The van der Waals surface area contributed by atoms with E-state index in [4.69, 9.17) is 0 Å². The van der Waals surface area contributed by atoms with Crippen LogP contribution in [0.2, 0.25) is 0 Å². The predicted molar refractivity (Wildman–Crippen MR) is 94.9 cm³/mol. The molecule has 3 nitrogen and oxygen atoms in total. The van der Waals surface area contributed by atoms with Crippen LogP contribution in [0.3, 0.4) is 0 Å². The van der Waals surface area contributed by atoms with Gasteiger partial charge in [0.15, 0.2) is 5.78 Å². The van der Waals surface area contributed by atoms with Crippen LogP contribution < -0.4 is 0 Å². The molecule has 2 aromatic rings. The number of hydrogen-bond donors (Lipinski definition) is 0. The van der Waals surface area contributed by atoms with Gasteiger partial charge in [0, 0.05) is 32.0 Å².